The average Bonchev–Trinajstić information content (AvgIpc) is 2.28. The van der Waals surface area contributed by atoms with Crippen LogP contribution in [-0.4, -0.2) is 34.7 Å². The maximum Gasteiger partial charge on any atom is 0.328 e. The summed E-state index contributed by atoms with van der Waals surface area (Å²) in [6.07, 6.45) is 0. The number of aliphatic hydroxyl groups excluding tert-OH is 1. The van der Waals surface area contributed by atoms with E-state index in [2.05, 4.69) is 5.32 Å². The SMILES string of the molecule is Nc1cc(C(=O)N[C@@H](CO)C(=O)O)ccc1Cl. The third-order valence-electron chi connectivity index (χ3n) is 2.04. The van der Waals surface area contributed by atoms with Crippen LogP contribution in [0.2, 0.25) is 5.02 Å². The van der Waals surface area contributed by atoms with E-state index in [1.165, 1.54) is 18.2 Å². The number of halogens is 1. The zero-order chi connectivity index (χ0) is 13.0. The Hall–Kier alpha value is -1.79. The van der Waals surface area contributed by atoms with Crippen molar-refractivity contribution in [3.05, 3.63) is 28.8 Å². The molecule has 0 bridgehead atoms. The van der Waals surface area contributed by atoms with Crippen LogP contribution in [0.25, 0.3) is 0 Å². The number of hydrogen-bond donors (Lipinski definition) is 4. The van der Waals surface area contributed by atoms with E-state index in [1.54, 1.807) is 0 Å². The molecule has 0 aliphatic rings. The molecule has 0 radical (unpaired) electrons. The third-order valence-corrected chi connectivity index (χ3v) is 2.39. The second-order valence-electron chi connectivity index (χ2n) is 3.28. The summed E-state index contributed by atoms with van der Waals surface area (Å²) in [6, 6.07) is 2.82. The van der Waals surface area contributed by atoms with Crippen molar-refractivity contribution in [3.63, 3.8) is 0 Å². The minimum atomic E-state index is -1.35. The predicted molar refractivity (Wildman–Crippen MR) is 61.8 cm³/mol. The number of aliphatic hydroxyl groups is 1. The van der Waals surface area contributed by atoms with E-state index in [0.717, 1.165) is 0 Å². The van der Waals surface area contributed by atoms with Gasteiger partial charge in [-0.05, 0) is 18.2 Å². The van der Waals surface area contributed by atoms with Crippen molar-refractivity contribution < 1.29 is 19.8 Å². The standard InChI is InChI=1S/C10H11ClN2O4/c11-6-2-1-5(3-7(6)12)9(15)13-8(4-14)10(16)17/h1-3,8,14H,4,12H2,(H,13,15)(H,16,17)/t8-/m0/s1. The number of benzene rings is 1. The van der Waals surface area contributed by atoms with Crippen LogP contribution in [0.15, 0.2) is 18.2 Å². The number of carboxylic acids is 1. The van der Waals surface area contributed by atoms with Crippen LogP contribution in [0, 0.1) is 0 Å². The molecule has 6 nitrogen and oxygen atoms in total. The lowest BCUT2D eigenvalue weighted by Gasteiger charge is -2.11. The quantitative estimate of drug-likeness (QED) is 0.572. The summed E-state index contributed by atoms with van der Waals surface area (Å²) in [6.45, 7) is -0.690. The molecular weight excluding hydrogens is 248 g/mol. The van der Waals surface area contributed by atoms with E-state index in [1.807, 2.05) is 0 Å². The van der Waals surface area contributed by atoms with Gasteiger partial charge in [0.1, 0.15) is 0 Å². The summed E-state index contributed by atoms with van der Waals surface area (Å²) < 4.78 is 0. The summed E-state index contributed by atoms with van der Waals surface area (Å²) in [4.78, 5) is 22.2. The number of nitrogens with two attached hydrogens (primary N) is 1. The number of carboxylic acid groups (broad SMARTS) is 1. The first-order valence-electron chi connectivity index (χ1n) is 4.65. The molecular formula is C10H11ClN2O4. The molecule has 0 spiro atoms. The third kappa shape index (κ3) is 3.33. The minimum absolute atomic E-state index is 0.173. The number of nitrogens with one attached hydrogen (secondary N) is 1. The Morgan fingerprint density at radius 1 is 1.47 bits per heavy atom. The number of amides is 1. The highest BCUT2D eigenvalue weighted by atomic mass is 35.5. The molecule has 1 atom stereocenters. The Labute approximate surface area is 102 Å². The molecule has 1 rings (SSSR count). The number of rotatable bonds is 4. The lowest BCUT2D eigenvalue weighted by atomic mass is 10.1. The van der Waals surface area contributed by atoms with Gasteiger partial charge in [0, 0.05) is 5.56 Å². The van der Waals surface area contributed by atoms with Gasteiger partial charge in [-0.3, -0.25) is 4.79 Å². The molecule has 0 saturated heterocycles. The monoisotopic (exact) mass is 258 g/mol. The summed E-state index contributed by atoms with van der Waals surface area (Å²) >= 11 is 5.68. The van der Waals surface area contributed by atoms with Gasteiger partial charge in [0.15, 0.2) is 6.04 Å². The number of hydrogen-bond acceptors (Lipinski definition) is 4. The number of anilines is 1. The molecule has 17 heavy (non-hydrogen) atoms. The maximum absolute atomic E-state index is 11.6. The molecule has 92 valence electrons. The van der Waals surface area contributed by atoms with Gasteiger partial charge >= 0.3 is 5.97 Å². The van der Waals surface area contributed by atoms with Gasteiger partial charge in [-0.1, -0.05) is 11.6 Å². The molecule has 0 aliphatic heterocycles. The molecule has 5 N–H and O–H groups in total. The van der Waals surface area contributed by atoms with Crippen molar-refractivity contribution >= 4 is 29.2 Å². The number of carbonyl (C=O) groups excluding carboxylic acids is 1. The van der Waals surface area contributed by atoms with Crippen LogP contribution in [0.1, 0.15) is 10.4 Å². The Morgan fingerprint density at radius 3 is 2.59 bits per heavy atom. The number of aliphatic carboxylic acids is 1. The van der Waals surface area contributed by atoms with Gasteiger partial charge in [-0.2, -0.15) is 0 Å². The van der Waals surface area contributed by atoms with E-state index in [0.29, 0.717) is 5.02 Å². The van der Waals surface area contributed by atoms with Crippen LogP contribution in [-0.2, 0) is 4.79 Å². The first kappa shape index (κ1) is 13.3. The van der Waals surface area contributed by atoms with Crippen molar-refractivity contribution in [2.45, 2.75) is 6.04 Å². The summed E-state index contributed by atoms with van der Waals surface area (Å²) in [5, 5.41) is 19.8. The Kier molecular flexibility index (Phi) is 4.30. The smallest absolute Gasteiger partial charge is 0.328 e. The molecule has 0 fully saturated rings. The van der Waals surface area contributed by atoms with Crippen molar-refractivity contribution in [1.82, 2.24) is 5.32 Å². The Bertz CT molecular complexity index is 450. The molecule has 1 aromatic carbocycles. The molecule has 0 aliphatic carbocycles. The molecule has 1 aromatic rings. The number of carbonyl (C=O) groups is 2. The van der Waals surface area contributed by atoms with Crippen LogP contribution >= 0.6 is 11.6 Å². The first-order chi connectivity index (χ1) is 7.95. The molecule has 7 heteroatoms. The highest BCUT2D eigenvalue weighted by Gasteiger charge is 2.19. The zero-order valence-electron chi connectivity index (χ0n) is 8.68. The zero-order valence-corrected chi connectivity index (χ0v) is 9.44. The van der Waals surface area contributed by atoms with E-state index in [9.17, 15) is 9.59 Å². The predicted octanol–water partition coefficient (Wildman–Crippen LogP) is 0.0975. The summed E-state index contributed by atoms with van der Waals surface area (Å²) in [5.74, 6) is -1.96. The lowest BCUT2D eigenvalue weighted by molar-refractivity contribution is -0.140. The second-order valence-corrected chi connectivity index (χ2v) is 3.69. The lowest BCUT2D eigenvalue weighted by Crippen LogP contribution is -2.43. The van der Waals surface area contributed by atoms with Crippen molar-refractivity contribution in [2.24, 2.45) is 0 Å². The molecule has 0 unspecified atom stereocenters. The van der Waals surface area contributed by atoms with Gasteiger partial charge in [0.2, 0.25) is 0 Å². The van der Waals surface area contributed by atoms with Gasteiger partial charge in [-0.15, -0.1) is 0 Å². The van der Waals surface area contributed by atoms with Gasteiger partial charge in [0.05, 0.1) is 17.3 Å². The van der Waals surface area contributed by atoms with E-state index >= 15 is 0 Å². The molecule has 0 aromatic heterocycles. The van der Waals surface area contributed by atoms with Gasteiger partial charge in [0.25, 0.3) is 5.91 Å². The summed E-state index contributed by atoms with van der Waals surface area (Å²) in [5.41, 5.74) is 5.89. The number of nitrogen functional groups attached to an aromatic ring is 1. The van der Waals surface area contributed by atoms with Crippen LogP contribution in [0.4, 0.5) is 5.69 Å². The van der Waals surface area contributed by atoms with E-state index < -0.39 is 24.5 Å². The fourth-order valence-electron chi connectivity index (χ4n) is 1.11. The second kappa shape index (κ2) is 5.51. The largest absolute Gasteiger partial charge is 0.480 e. The fourth-order valence-corrected chi connectivity index (χ4v) is 1.23. The fraction of sp³-hybridized carbons (Fsp3) is 0.200. The minimum Gasteiger partial charge on any atom is -0.480 e. The van der Waals surface area contributed by atoms with Crippen molar-refractivity contribution in [3.8, 4) is 0 Å². The molecule has 0 heterocycles. The van der Waals surface area contributed by atoms with Crippen molar-refractivity contribution in [2.75, 3.05) is 12.3 Å². The van der Waals surface area contributed by atoms with Crippen LogP contribution in [0.5, 0.6) is 0 Å². The Morgan fingerprint density at radius 2 is 2.12 bits per heavy atom. The summed E-state index contributed by atoms with van der Waals surface area (Å²) in [7, 11) is 0. The van der Waals surface area contributed by atoms with Crippen LogP contribution in [0.3, 0.4) is 0 Å². The van der Waals surface area contributed by atoms with Gasteiger partial charge in [-0.25, -0.2) is 4.79 Å². The molecule has 0 saturated carbocycles. The normalized spacial score (nSPS) is 11.9. The topological polar surface area (TPSA) is 113 Å². The van der Waals surface area contributed by atoms with E-state index in [4.69, 9.17) is 27.5 Å². The highest BCUT2D eigenvalue weighted by molar-refractivity contribution is 6.33. The van der Waals surface area contributed by atoms with Crippen molar-refractivity contribution in [1.29, 1.82) is 0 Å². The highest BCUT2D eigenvalue weighted by Crippen LogP contribution is 2.19. The van der Waals surface area contributed by atoms with Crippen LogP contribution < -0.4 is 11.1 Å². The molecule has 1 amide bonds. The maximum atomic E-state index is 11.6. The van der Waals surface area contributed by atoms with Gasteiger partial charge < -0.3 is 21.3 Å². The Balaban J connectivity index is 2.82. The first-order valence-corrected chi connectivity index (χ1v) is 5.03. The average molecular weight is 259 g/mol. The van der Waals surface area contributed by atoms with E-state index in [-0.39, 0.29) is 11.3 Å².